The molecule has 0 aliphatic rings. The number of rotatable bonds is 5. The van der Waals surface area contributed by atoms with E-state index in [0.29, 0.717) is 10.9 Å². The third kappa shape index (κ3) is 3.78. The number of hydrogen-bond acceptors (Lipinski definition) is 2. The average Bonchev–Trinajstić information content (AvgIpc) is 2.42. The lowest BCUT2D eigenvalue weighted by Crippen LogP contribution is -2.07. The highest BCUT2D eigenvalue weighted by atomic mass is 35.5. The standard InChI is InChI=1S/C18H22ClNO/c1-12(2)15-9-8-13(3)10-17(15)21-18-14(11-20-4)6-5-7-16(18)19/h5-10,12,20H,11H2,1-4H3. The van der Waals surface area contributed by atoms with E-state index in [4.69, 9.17) is 16.3 Å². The van der Waals surface area contributed by atoms with E-state index in [1.807, 2.05) is 25.2 Å². The Balaban J connectivity index is 2.45. The van der Waals surface area contributed by atoms with E-state index in [2.05, 4.69) is 44.3 Å². The Hall–Kier alpha value is -1.51. The highest BCUT2D eigenvalue weighted by Crippen LogP contribution is 2.37. The number of hydrogen-bond donors (Lipinski definition) is 1. The smallest absolute Gasteiger partial charge is 0.150 e. The molecule has 0 saturated carbocycles. The molecule has 0 spiro atoms. The van der Waals surface area contributed by atoms with Crippen LogP contribution >= 0.6 is 11.6 Å². The van der Waals surface area contributed by atoms with Crippen LogP contribution in [0.2, 0.25) is 5.02 Å². The molecule has 0 amide bonds. The fourth-order valence-corrected chi connectivity index (χ4v) is 2.55. The molecular weight excluding hydrogens is 282 g/mol. The van der Waals surface area contributed by atoms with Crippen molar-refractivity contribution in [3.63, 3.8) is 0 Å². The maximum atomic E-state index is 6.33. The van der Waals surface area contributed by atoms with Crippen LogP contribution in [0, 0.1) is 6.92 Å². The highest BCUT2D eigenvalue weighted by molar-refractivity contribution is 6.32. The van der Waals surface area contributed by atoms with Crippen LogP contribution in [0.15, 0.2) is 36.4 Å². The van der Waals surface area contributed by atoms with Gasteiger partial charge in [-0.1, -0.05) is 49.7 Å². The van der Waals surface area contributed by atoms with E-state index >= 15 is 0 Å². The summed E-state index contributed by atoms with van der Waals surface area (Å²) in [5.41, 5.74) is 3.42. The molecule has 2 rings (SSSR count). The van der Waals surface area contributed by atoms with Gasteiger partial charge in [-0.2, -0.15) is 0 Å². The summed E-state index contributed by atoms with van der Waals surface area (Å²) in [5, 5.41) is 3.79. The van der Waals surface area contributed by atoms with Crippen molar-refractivity contribution in [1.29, 1.82) is 0 Å². The van der Waals surface area contributed by atoms with E-state index in [0.717, 1.165) is 23.6 Å². The van der Waals surface area contributed by atoms with Gasteiger partial charge in [-0.15, -0.1) is 0 Å². The summed E-state index contributed by atoms with van der Waals surface area (Å²) in [4.78, 5) is 0. The lowest BCUT2D eigenvalue weighted by atomic mass is 10.0. The van der Waals surface area contributed by atoms with Gasteiger partial charge in [0.2, 0.25) is 0 Å². The monoisotopic (exact) mass is 303 g/mol. The van der Waals surface area contributed by atoms with Crippen molar-refractivity contribution < 1.29 is 4.74 Å². The summed E-state index contributed by atoms with van der Waals surface area (Å²) >= 11 is 6.33. The number of nitrogens with one attached hydrogen (secondary N) is 1. The van der Waals surface area contributed by atoms with Crippen molar-refractivity contribution in [2.45, 2.75) is 33.2 Å². The van der Waals surface area contributed by atoms with Crippen molar-refractivity contribution >= 4 is 11.6 Å². The zero-order chi connectivity index (χ0) is 15.4. The summed E-state index contributed by atoms with van der Waals surface area (Å²) in [6, 6.07) is 12.2. The Morgan fingerprint density at radius 2 is 1.95 bits per heavy atom. The fourth-order valence-electron chi connectivity index (χ4n) is 2.31. The van der Waals surface area contributed by atoms with Gasteiger partial charge in [0.1, 0.15) is 5.75 Å². The molecule has 112 valence electrons. The van der Waals surface area contributed by atoms with Gasteiger partial charge in [-0.3, -0.25) is 0 Å². The number of para-hydroxylation sites is 1. The van der Waals surface area contributed by atoms with Crippen molar-refractivity contribution in [1.82, 2.24) is 5.32 Å². The van der Waals surface area contributed by atoms with Crippen molar-refractivity contribution in [3.05, 3.63) is 58.1 Å². The molecule has 0 atom stereocenters. The number of ether oxygens (including phenoxy) is 1. The summed E-state index contributed by atoms with van der Waals surface area (Å²) in [6.07, 6.45) is 0. The molecule has 0 saturated heterocycles. The van der Waals surface area contributed by atoms with Gasteiger partial charge in [-0.25, -0.2) is 0 Å². The third-order valence-corrected chi connectivity index (χ3v) is 3.72. The predicted molar refractivity (Wildman–Crippen MR) is 89.6 cm³/mol. The van der Waals surface area contributed by atoms with Crippen LogP contribution < -0.4 is 10.1 Å². The van der Waals surface area contributed by atoms with Crippen LogP contribution in [-0.4, -0.2) is 7.05 Å². The van der Waals surface area contributed by atoms with Crippen LogP contribution in [0.1, 0.15) is 36.5 Å². The van der Waals surface area contributed by atoms with E-state index in [-0.39, 0.29) is 0 Å². The van der Waals surface area contributed by atoms with Crippen LogP contribution in [0.3, 0.4) is 0 Å². The van der Waals surface area contributed by atoms with Gasteiger partial charge in [-0.05, 0) is 43.1 Å². The van der Waals surface area contributed by atoms with Gasteiger partial charge in [0, 0.05) is 12.1 Å². The normalized spacial score (nSPS) is 11.0. The molecule has 2 aromatic carbocycles. The first-order valence-corrected chi connectivity index (χ1v) is 7.61. The van der Waals surface area contributed by atoms with Gasteiger partial charge in [0.05, 0.1) is 5.02 Å². The molecule has 0 bridgehead atoms. The second kappa shape index (κ2) is 6.97. The van der Waals surface area contributed by atoms with Crippen LogP contribution in [0.25, 0.3) is 0 Å². The molecule has 0 unspecified atom stereocenters. The molecule has 1 N–H and O–H groups in total. The molecular formula is C18H22ClNO. The molecule has 3 heteroatoms. The molecule has 0 aliphatic heterocycles. The zero-order valence-corrected chi connectivity index (χ0v) is 13.8. The number of benzene rings is 2. The van der Waals surface area contributed by atoms with E-state index in [1.54, 1.807) is 0 Å². The Labute approximate surface area is 132 Å². The first kappa shape index (κ1) is 15.9. The SMILES string of the molecule is CNCc1cccc(Cl)c1Oc1cc(C)ccc1C(C)C. The second-order valence-corrected chi connectivity index (χ2v) is 5.96. The summed E-state index contributed by atoms with van der Waals surface area (Å²) in [5.74, 6) is 2.02. The predicted octanol–water partition coefficient (Wildman–Crippen LogP) is 5.28. The Kier molecular flexibility index (Phi) is 5.27. The Morgan fingerprint density at radius 3 is 2.62 bits per heavy atom. The molecule has 2 nitrogen and oxygen atoms in total. The quantitative estimate of drug-likeness (QED) is 0.811. The van der Waals surface area contributed by atoms with Crippen molar-refractivity contribution in [2.24, 2.45) is 0 Å². The van der Waals surface area contributed by atoms with E-state index in [9.17, 15) is 0 Å². The Morgan fingerprint density at radius 1 is 1.19 bits per heavy atom. The fraction of sp³-hybridized carbons (Fsp3) is 0.333. The summed E-state index contributed by atoms with van der Waals surface area (Å²) in [6.45, 7) is 7.12. The van der Waals surface area contributed by atoms with Crippen LogP contribution in [0.4, 0.5) is 0 Å². The lowest BCUT2D eigenvalue weighted by Gasteiger charge is -2.17. The average molecular weight is 304 g/mol. The minimum absolute atomic E-state index is 0.399. The van der Waals surface area contributed by atoms with E-state index in [1.165, 1.54) is 11.1 Å². The Bertz CT molecular complexity index is 623. The first-order valence-electron chi connectivity index (χ1n) is 7.23. The lowest BCUT2D eigenvalue weighted by molar-refractivity contribution is 0.465. The first-order chi connectivity index (χ1) is 10.0. The number of aryl methyl sites for hydroxylation is 1. The molecule has 21 heavy (non-hydrogen) atoms. The van der Waals surface area contributed by atoms with Crippen LogP contribution in [-0.2, 0) is 6.54 Å². The molecule has 0 heterocycles. The van der Waals surface area contributed by atoms with Gasteiger partial charge < -0.3 is 10.1 Å². The van der Waals surface area contributed by atoms with Crippen molar-refractivity contribution in [2.75, 3.05) is 7.05 Å². The van der Waals surface area contributed by atoms with Crippen molar-refractivity contribution in [3.8, 4) is 11.5 Å². The summed E-state index contributed by atoms with van der Waals surface area (Å²) < 4.78 is 6.19. The molecule has 0 fully saturated rings. The minimum Gasteiger partial charge on any atom is -0.455 e. The molecule has 2 aromatic rings. The van der Waals surface area contributed by atoms with Gasteiger partial charge in [0.15, 0.2) is 5.75 Å². The largest absolute Gasteiger partial charge is 0.455 e. The maximum absolute atomic E-state index is 6.33. The minimum atomic E-state index is 0.399. The van der Waals surface area contributed by atoms with Crippen LogP contribution in [0.5, 0.6) is 11.5 Å². The maximum Gasteiger partial charge on any atom is 0.150 e. The van der Waals surface area contributed by atoms with Gasteiger partial charge >= 0.3 is 0 Å². The highest BCUT2D eigenvalue weighted by Gasteiger charge is 2.13. The molecule has 0 aliphatic carbocycles. The third-order valence-electron chi connectivity index (χ3n) is 3.42. The van der Waals surface area contributed by atoms with Gasteiger partial charge in [0.25, 0.3) is 0 Å². The summed E-state index contributed by atoms with van der Waals surface area (Å²) in [7, 11) is 1.91. The molecule has 0 radical (unpaired) electrons. The second-order valence-electron chi connectivity index (χ2n) is 5.56. The topological polar surface area (TPSA) is 21.3 Å². The van der Waals surface area contributed by atoms with E-state index < -0.39 is 0 Å². The molecule has 0 aromatic heterocycles. The number of halogens is 1. The zero-order valence-electron chi connectivity index (χ0n) is 13.0.